The van der Waals surface area contributed by atoms with Crippen molar-refractivity contribution in [1.82, 2.24) is 15.2 Å². The van der Waals surface area contributed by atoms with Crippen molar-refractivity contribution >= 4 is 29.4 Å². The van der Waals surface area contributed by atoms with Gasteiger partial charge in [0.05, 0.1) is 0 Å². The number of H-pyrrole nitrogens is 1. The zero-order valence-electron chi connectivity index (χ0n) is 6.37. The standard InChI is InChI=1S/C5H6ClN5O2/c6-1-2(12)8-5-9-4(3(7)13)10-11-5/h1H2,(H2,7,13)(H2,8,9,10,11,12). The Kier molecular flexibility index (Phi) is 2.80. The van der Waals surface area contributed by atoms with Crippen LogP contribution in [-0.4, -0.2) is 32.9 Å². The molecule has 0 aliphatic heterocycles. The lowest BCUT2D eigenvalue weighted by atomic mass is 10.6. The number of rotatable bonds is 3. The third kappa shape index (κ3) is 2.41. The minimum atomic E-state index is -0.751. The van der Waals surface area contributed by atoms with Crippen molar-refractivity contribution < 1.29 is 9.59 Å². The van der Waals surface area contributed by atoms with E-state index in [1.807, 2.05) is 0 Å². The second-order valence-corrected chi connectivity index (χ2v) is 2.32. The molecule has 0 spiro atoms. The van der Waals surface area contributed by atoms with E-state index in [0.29, 0.717) is 0 Å². The number of hydrogen-bond donors (Lipinski definition) is 3. The van der Waals surface area contributed by atoms with Crippen molar-refractivity contribution in [3.8, 4) is 0 Å². The lowest BCUT2D eigenvalue weighted by Gasteiger charge is -1.92. The number of nitrogens with one attached hydrogen (secondary N) is 2. The van der Waals surface area contributed by atoms with Crippen LogP contribution in [0.15, 0.2) is 0 Å². The topological polar surface area (TPSA) is 114 Å². The highest BCUT2D eigenvalue weighted by atomic mass is 35.5. The number of alkyl halides is 1. The van der Waals surface area contributed by atoms with E-state index in [4.69, 9.17) is 17.3 Å². The molecule has 70 valence electrons. The average molecular weight is 204 g/mol. The first kappa shape index (κ1) is 9.46. The highest BCUT2D eigenvalue weighted by molar-refractivity contribution is 6.28. The van der Waals surface area contributed by atoms with E-state index < -0.39 is 11.8 Å². The first-order valence-electron chi connectivity index (χ1n) is 3.21. The second kappa shape index (κ2) is 3.85. The van der Waals surface area contributed by atoms with E-state index >= 15 is 0 Å². The maximum atomic E-state index is 10.7. The minimum absolute atomic E-state index is 0.0283. The van der Waals surface area contributed by atoms with Crippen LogP contribution in [0.1, 0.15) is 10.6 Å². The van der Waals surface area contributed by atoms with E-state index in [-0.39, 0.29) is 17.7 Å². The Morgan fingerprint density at radius 1 is 1.62 bits per heavy atom. The summed E-state index contributed by atoms with van der Waals surface area (Å²) in [5, 5.41) is 7.97. The summed E-state index contributed by atoms with van der Waals surface area (Å²) < 4.78 is 0. The van der Waals surface area contributed by atoms with E-state index in [0.717, 1.165) is 0 Å². The number of halogens is 1. The number of carbonyl (C=O) groups is 2. The molecule has 8 heteroatoms. The largest absolute Gasteiger partial charge is 0.363 e. The highest BCUT2D eigenvalue weighted by Crippen LogP contribution is 1.97. The number of nitrogens with two attached hydrogens (primary N) is 1. The Bertz CT molecular complexity index is 335. The number of aromatic amines is 1. The molecule has 0 bridgehead atoms. The first-order chi connectivity index (χ1) is 6.13. The van der Waals surface area contributed by atoms with Gasteiger partial charge in [0.25, 0.3) is 5.91 Å². The fourth-order valence-corrected chi connectivity index (χ4v) is 0.653. The van der Waals surface area contributed by atoms with E-state index in [1.54, 1.807) is 0 Å². The predicted molar refractivity (Wildman–Crippen MR) is 44.3 cm³/mol. The molecule has 1 aromatic rings. The van der Waals surface area contributed by atoms with Crippen molar-refractivity contribution in [2.75, 3.05) is 11.2 Å². The van der Waals surface area contributed by atoms with Crippen molar-refractivity contribution in [1.29, 1.82) is 0 Å². The molecule has 0 saturated heterocycles. The zero-order chi connectivity index (χ0) is 9.84. The van der Waals surface area contributed by atoms with Crippen molar-refractivity contribution in [2.45, 2.75) is 0 Å². The van der Waals surface area contributed by atoms with Gasteiger partial charge in [-0.1, -0.05) is 0 Å². The summed E-state index contributed by atoms with van der Waals surface area (Å²) in [6, 6.07) is 0. The average Bonchev–Trinajstić information content (AvgIpc) is 2.52. The van der Waals surface area contributed by atoms with Gasteiger partial charge in [-0.15, -0.1) is 16.7 Å². The smallest absolute Gasteiger partial charge is 0.286 e. The van der Waals surface area contributed by atoms with Crippen molar-refractivity contribution in [3.05, 3.63) is 5.82 Å². The van der Waals surface area contributed by atoms with Crippen LogP contribution in [0, 0.1) is 0 Å². The predicted octanol–water partition coefficient (Wildman–Crippen LogP) is -0.919. The Labute approximate surface area is 77.7 Å². The summed E-state index contributed by atoms with van der Waals surface area (Å²) >= 11 is 5.20. The van der Waals surface area contributed by atoms with Crippen molar-refractivity contribution in [2.24, 2.45) is 5.73 Å². The van der Waals surface area contributed by atoms with Gasteiger partial charge in [-0.05, 0) is 0 Å². The van der Waals surface area contributed by atoms with Gasteiger partial charge in [0, 0.05) is 0 Å². The summed E-state index contributed by atoms with van der Waals surface area (Å²) in [5.41, 5.74) is 4.88. The summed E-state index contributed by atoms with van der Waals surface area (Å²) in [4.78, 5) is 24.8. The third-order valence-electron chi connectivity index (χ3n) is 1.09. The Hall–Kier alpha value is -1.63. The SMILES string of the molecule is NC(=O)c1nc(NC(=O)CCl)n[nH]1. The van der Waals surface area contributed by atoms with Crippen molar-refractivity contribution in [3.63, 3.8) is 0 Å². The molecule has 0 aliphatic rings. The van der Waals surface area contributed by atoms with E-state index in [9.17, 15) is 9.59 Å². The fraction of sp³-hybridized carbons (Fsp3) is 0.200. The second-order valence-electron chi connectivity index (χ2n) is 2.05. The fourth-order valence-electron chi connectivity index (χ4n) is 0.586. The normalized spacial score (nSPS) is 9.62. The summed E-state index contributed by atoms with van der Waals surface area (Å²) in [5.74, 6) is -1.57. The molecule has 7 nitrogen and oxygen atoms in total. The Morgan fingerprint density at radius 2 is 2.31 bits per heavy atom. The molecule has 2 amide bonds. The van der Waals surface area contributed by atoms with Crippen LogP contribution >= 0.6 is 11.6 Å². The molecule has 0 atom stereocenters. The van der Waals surface area contributed by atoms with Crippen LogP contribution in [0.2, 0.25) is 0 Å². The summed E-state index contributed by atoms with van der Waals surface area (Å²) in [6.45, 7) is 0. The van der Waals surface area contributed by atoms with Crippen LogP contribution in [0.3, 0.4) is 0 Å². The molecule has 13 heavy (non-hydrogen) atoms. The molecule has 0 aromatic carbocycles. The quantitative estimate of drug-likeness (QED) is 0.551. The van der Waals surface area contributed by atoms with Gasteiger partial charge < -0.3 is 5.73 Å². The van der Waals surface area contributed by atoms with Crippen LogP contribution < -0.4 is 11.1 Å². The Morgan fingerprint density at radius 3 is 2.77 bits per heavy atom. The van der Waals surface area contributed by atoms with Gasteiger partial charge in [-0.25, -0.2) is 0 Å². The number of anilines is 1. The van der Waals surface area contributed by atoms with Gasteiger partial charge in [0.1, 0.15) is 5.88 Å². The van der Waals surface area contributed by atoms with Crippen LogP contribution in [-0.2, 0) is 4.79 Å². The molecular formula is C5H6ClN5O2. The number of carbonyl (C=O) groups excluding carboxylic acids is 2. The van der Waals surface area contributed by atoms with Crippen LogP contribution in [0.25, 0.3) is 0 Å². The van der Waals surface area contributed by atoms with Gasteiger partial charge in [-0.3, -0.25) is 20.0 Å². The third-order valence-corrected chi connectivity index (χ3v) is 1.33. The molecule has 1 heterocycles. The van der Waals surface area contributed by atoms with Gasteiger partial charge in [-0.2, -0.15) is 4.98 Å². The van der Waals surface area contributed by atoms with Gasteiger partial charge >= 0.3 is 0 Å². The van der Waals surface area contributed by atoms with Crippen LogP contribution in [0.5, 0.6) is 0 Å². The number of aromatic nitrogens is 3. The molecule has 0 fully saturated rings. The van der Waals surface area contributed by atoms with Crippen LogP contribution in [0.4, 0.5) is 5.95 Å². The molecule has 0 radical (unpaired) electrons. The first-order valence-corrected chi connectivity index (χ1v) is 3.75. The number of amides is 2. The van der Waals surface area contributed by atoms with Gasteiger partial charge in [0.15, 0.2) is 0 Å². The van der Waals surface area contributed by atoms with Gasteiger partial charge in [0.2, 0.25) is 17.7 Å². The maximum absolute atomic E-state index is 10.7. The molecular weight excluding hydrogens is 198 g/mol. The lowest BCUT2D eigenvalue weighted by Crippen LogP contribution is -2.15. The number of primary amides is 1. The highest BCUT2D eigenvalue weighted by Gasteiger charge is 2.09. The lowest BCUT2D eigenvalue weighted by molar-refractivity contribution is -0.114. The summed E-state index contributed by atoms with van der Waals surface area (Å²) in [6.07, 6.45) is 0. The number of hydrogen-bond acceptors (Lipinski definition) is 4. The number of nitrogens with zero attached hydrogens (tertiary/aromatic N) is 2. The molecule has 0 saturated carbocycles. The van der Waals surface area contributed by atoms with E-state index in [2.05, 4.69) is 20.5 Å². The molecule has 0 aliphatic carbocycles. The maximum Gasteiger partial charge on any atom is 0.286 e. The minimum Gasteiger partial charge on any atom is -0.363 e. The molecule has 1 aromatic heterocycles. The van der Waals surface area contributed by atoms with E-state index in [1.165, 1.54) is 0 Å². The molecule has 4 N–H and O–H groups in total. The molecule has 0 unspecified atom stereocenters. The molecule has 1 rings (SSSR count). The Balaban J connectivity index is 2.69. The zero-order valence-corrected chi connectivity index (χ0v) is 7.13. The summed E-state index contributed by atoms with van der Waals surface area (Å²) in [7, 11) is 0. The monoisotopic (exact) mass is 203 g/mol.